The number of hydrogen-bond acceptors (Lipinski definition) is 3. The van der Waals surface area contributed by atoms with E-state index in [9.17, 15) is 14.7 Å². The zero-order valence-corrected chi connectivity index (χ0v) is 15.8. The van der Waals surface area contributed by atoms with Crippen LogP contribution in [0.15, 0.2) is 30.5 Å². The minimum Gasteiger partial charge on any atom is -0.465 e. The Balaban J connectivity index is 1.67. The van der Waals surface area contributed by atoms with Crippen LogP contribution in [0.2, 0.25) is 0 Å². The molecule has 1 unspecified atom stereocenters. The number of carbonyl (C=O) groups is 2. The highest BCUT2D eigenvalue weighted by Crippen LogP contribution is 2.23. The highest BCUT2D eigenvalue weighted by molar-refractivity contribution is 5.91. The summed E-state index contributed by atoms with van der Waals surface area (Å²) >= 11 is 0. The number of hydrogen-bond donors (Lipinski definition) is 4. The van der Waals surface area contributed by atoms with Crippen LogP contribution in [-0.2, 0) is 11.2 Å². The van der Waals surface area contributed by atoms with Crippen LogP contribution in [0.1, 0.15) is 31.7 Å². The van der Waals surface area contributed by atoms with Gasteiger partial charge in [0.1, 0.15) is 5.54 Å². The molecule has 0 radical (unpaired) electrons. The summed E-state index contributed by atoms with van der Waals surface area (Å²) in [6.45, 7) is 5.08. The number of aromatic amines is 1. The van der Waals surface area contributed by atoms with Crippen molar-refractivity contribution in [1.82, 2.24) is 20.5 Å². The van der Waals surface area contributed by atoms with E-state index >= 15 is 0 Å². The molecule has 2 heterocycles. The lowest BCUT2D eigenvalue weighted by Gasteiger charge is -2.30. The highest BCUT2D eigenvalue weighted by atomic mass is 16.4. The number of carbonyl (C=O) groups excluding carboxylic acids is 1. The average molecular weight is 372 g/mol. The van der Waals surface area contributed by atoms with Crippen LogP contribution >= 0.6 is 0 Å². The molecule has 1 atom stereocenters. The summed E-state index contributed by atoms with van der Waals surface area (Å²) < 4.78 is 0. The molecule has 1 aromatic heterocycles. The van der Waals surface area contributed by atoms with E-state index < -0.39 is 11.6 Å². The van der Waals surface area contributed by atoms with E-state index in [0.717, 1.165) is 36.1 Å². The third-order valence-corrected chi connectivity index (χ3v) is 5.27. The molecule has 27 heavy (non-hydrogen) atoms. The number of amides is 2. The van der Waals surface area contributed by atoms with Gasteiger partial charge in [0.25, 0.3) is 0 Å². The molecule has 0 aliphatic carbocycles. The van der Waals surface area contributed by atoms with Crippen LogP contribution in [0, 0.1) is 0 Å². The molecular formula is C20H28N4O3. The van der Waals surface area contributed by atoms with E-state index in [0.29, 0.717) is 6.54 Å². The molecule has 3 rings (SSSR count). The van der Waals surface area contributed by atoms with Crippen molar-refractivity contribution in [3.63, 3.8) is 0 Å². The Morgan fingerprint density at radius 3 is 2.70 bits per heavy atom. The Hall–Kier alpha value is -2.54. The standard InChI is InChI=1S/C20H28N4O3/c1-20(23-19(26)27,13-15-14-22-17-8-4-3-7-16(15)17)18(25)21-9-12-24-10-5-2-6-11-24/h3-4,7-8,14,22-23H,2,5-6,9-13H2,1H3,(H,21,25)(H,26,27). The lowest BCUT2D eigenvalue weighted by Crippen LogP contribution is -2.58. The summed E-state index contributed by atoms with van der Waals surface area (Å²) in [5.74, 6) is -0.299. The van der Waals surface area contributed by atoms with Crippen LogP contribution < -0.4 is 10.6 Å². The number of benzene rings is 1. The predicted octanol–water partition coefficient (Wildman–Crippen LogP) is 2.34. The number of carboxylic acid groups (broad SMARTS) is 1. The molecule has 2 amide bonds. The first-order valence-corrected chi connectivity index (χ1v) is 9.55. The van der Waals surface area contributed by atoms with Crippen molar-refractivity contribution in [2.75, 3.05) is 26.2 Å². The number of nitrogens with one attached hydrogen (secondary N) is 3. The summed E-state index contributed by atoms with van der Waals surface area (Å²) in [6, 6.07) is 7.79. The fourth-order valence-electron chi connectivity index (χ4n) is 3.78. The molecule has 0 saturated carbocycles. The Kier molecular flexibility index (Phi) is 6.01. The SMILES string of the molecule is CC(Cc1c[nH]c2ccccc12)(NC(=O)O)C(=O)NCCN1CCCCC1. The minimum absolute atomic E-state index is 0.277. The van der Waals surface area contributed by atoms with Crippen LogP contribution in [0.25, 0.3) is 10.9 Å². The van der Waals surface area contributed by atoms with E-state index in [-0.39, 0.29) is 12.3 Å². The van der Waals surface area contributed by atoms with Crippen molar-refractivity contribution in [3.8, 4) is 0 Å². The van der Waals surface area contributed by atoms with Crippen molar-refractivity contribution in [1.29, 1.82) is 0 Å². The molecule has 146 valence electrons. The molecule has 7 heteroatoms. The molecule has 7 nitrogen and oxygen atoms in total. The van der Waals surface area contributed by atoms with Crippen molar-refractivity contribution in [2.45, 2.75) is 38.1 Å². The summed E-state index contributed by atoms with van der Waals surface area (Å²) in [5.41, 5.74) is 0.641. The molecule has 1 aliphatic rings. The molecule has 0 spiro atoms. The molecule has 2 aromatic rings. The fraction of sp³-hybridized carbons (Fsp3) is 0.500. The van der Waals surface area contributed by atoms with Gasteiger partial charge in [-0.1, -0.05) is 24.6 Å². The molecule has 1 aliphatic heterocycles. The lowest BCUT2D eigenvalue weighted by atomic mass is 9.91. The van der Waals surface area contributed by atoms with Gasteiger partial charge in [-0.15, -0.1) is 0 Å². The molecule has 4 N–H and O–H groups in total. The Labute approximate surface area is 159 Å². The quantitative estimate of drug-likeness (QED) is 0.600. The second-order valence-corrected chi connectivity index (χ2v) is 7.46. The molecule has 1 aromatic carbocycles. The summed E-state index contributed by atoms with van der Waals surface area (Å²) in [6.07, 6.45) is 4.59. The molecule has 1 fully saturated rings. The number of para-hydroxylation sites is 1. The number of rotatable bonds is 7. The smallest absolute Gasteiger partial charge is 0.405 e. The lowest BCUT2D eigenvalue weighted by molar-refractivity contribution is -0.126. The first-order chi connectivity index (χ1) is 13.0. The third kappa shape index (κ3) is 4.80. The van der Waals surface area contributed by atoms with Crippen molar-refractivity contribution in [3.05, 3.63) is 36.0 Å². The van der Waals surface area contributed by atoms with Gasteiger partial charge >= 0.3 is 6.09 Å². The Morgan fingerprint density at radius 1 is 1.22 bits per heavy atom. The van der Waals surface area contributed by atoms with Gasteiger partial charge < -0.3 is 25.6 Å². The number of nitrogens with zero attached hydrogens (tertiary/aromatic N) is 1. The molecule has 1 saturated heterocycles. The molecular weight excluding hydrogens is 344 g/mol. The maximum Gasteiger partial charge on any atom is 0.405 e. The van der Waals surface area contributed by atoms with Crippen molar-refractivity contribution < 1.29 is 14.7 Å². The van der Waals surface area contributed by atoms with Gasteiger partial charge in [-0.3, -0.25) is 4.79 Å². The third-order valence-electron chi connectivity index (χ3n) is 5.27. The largest absolute Gasteiger partial charge is 0.465 e. The topological polar surface area (TPSA) is 97.5 Å². The first-order valence-electron chi connectivity index (χ1n) is 9.55. The summed E-state index contributed by atoms with van der Waals surface area (Å²) in [7, 11) is 0. The van der Waals surface area contributed by atoms with Crippen LogP contribution in [0.3, 0.4) is 0 Å². The Bertz CT molecular complexity index is 797. The van der Waals surface area contributed by atoms with E-state index in [1.807, 2.05) is 30.5 Å². The zero-order valence-electron chi connectivity index (χ0n) is 15.8. The second-order valence-electron chi connectivity index (χ2n) is 7.46. The number of fused-ring (bicyclic) bond motifs is 1. The number of piperidine rings is 1. The first kappa shape index (κ1) is 19.2. The normalized spacial score (nSPS) is 17.4. The van der Waals surface area contributed by atoms with Gasteiger partial charge in [0.05, 0.1) is 0 Å². The second kappa shape index (κ2) is 8.43. The van der Waals surface area contributed by atoms with Gasteiger partial charge in [0.2, 0.25) is 5.91 Å². The van der Waals surface area contributed by atoms with Crippen LogP contribution in [0.4, 0.5) is 4.79 Å². The average Bonchev–Trinajstić information content (AvgIpc) is 3.04. The maximum atomic E-state index is 12.8. The number of likely N-dealkylation sites (tertiary alicyclic amines) is 1. The highest BCUT2D eigenvalue weighted by Gasteiger charge is 2.35. The van der Waals surface area contributed by atoms with Crippen molar-refractivity contribution >= 4 is 22.9 Å². The van der Waals surface area contributed by atoms with Crippen LogP contribution in [-0.4, -0.2) is 58.7 Å². The van der Waals surface area contributed by atoms with Gasteiger partial charge in [-0.2, -0.15) is 0 Å². The minimum atomic E-state index is -1.24. The monoisotopic (exact) mass is 372 g/mol. The van der Waals surface area contributed by atoms with Gasteiger partial charge in [-0.25, -0.2) is 4.79 Å². The van der Waals surface area contributed by atoms with E-state index in [2.05, 4.69) is 20.5 Å². The van der Waals surface area contributed by atoms with Crippen LogP contribution in [0.5, 0.6) is 0 Å². The van der Waals surface area contributed by atoms with Gasteiger partial charge in [0, 0.05) is 36.6 Å². The predicted molar refractivity (Wildman–Crippen MR) is 105 cm³/mol. The molecule has 0 bridgehead atoms. The summed E-state index contributed by atoms with van der Waals surface area (Å²) in [4.78, 5) is 29.7. The van der Waals surface area contributed by atoms with Crippen molar-refractivity contribution in [2.24, 2.45) is 0 Å². The fourth-order valence-corrected chi connectivity index (χ4v) is 3.78. The van der Waals surface area contributed by atoms with E-state index in [1.165, 1.54) is 19.3 Å². The van der Waals surface area contributed by atoms with E-state index in [4.69, 9.17) is 0 Å². The van der Waals surface area contributed by atoms with Gasteiger partial charge in [-0.05, 0) is 44.5 Å². The maximum absolute atomic E-state index is 12.8. The number of aromatic nitrogens is 1. The summed E-state index contributed by atoms with van der Waals surface area (Å²) in [5, 5.41) is 15.6. The zero-order chi connectivity index (χ0) is 19.3. The Morgan fingerprint density at radius 2 is 1.96 bits per heavy atom. The van der Waals surface area contributed by atoms with Gasteiger partial charge in [0.15, 0.2) is 0 Å². The number of H-pyrrole nitrogens is 1. The van der Waals surface area contributed by atoms with E-state index in [1.54, 1.807) is 6.92 Å².